The lowest BCUT2D eigenvalue weighted by Gasteiger charge is -2.30. The Bertz CT molecular complexity index is 546. The van der Waals surface area contributed by atoms with Crippen molar-refractivity contribution in [3.63, 3.8) is 0 Å². The van der Waals surface area contributed by atoms with E-state index >= 15 is 0 Å². The SMILES string of the molecule is C=CCC(O)(CNS(=O)(=O)C(C)(C)C)c1ccccc1. The fraction of sp³-hybridized carbons (Fsp3) is 0.467. The molecule has 0 spiro atoms. The summed E-state index contributed by atoms with van der Waals surface area (Å²) in [4.78, 5) is 0. The summed E-state index contributed by atoms with van der Waals surface area (Å²) in [7, 11) is -3.50. The average Bonchev–Trinajstić information content (AvgIpc) is 2.37. The second-order valence-electron chi connectivity index (χ2n) is 5.83. The zero-order chi connectivity index (χ0) is 15.4. The molecule has 0 bridgehead atoms. The van der Waals surface area contributed by atoms with Crippen molar-refractivity contribution < 1.29 is 13.5 Å². The first-order valence-electron chi connectivity index (χ1n) is 6.50. The van der Waals surface area contributed by atoms with Gasteiger partial charge in [-0.2, -0.15) is 0 Å². The molecule has 0 radical (unpaired) electrons. The molecular weight excluding hydrogens is 274 g/mol. The molecule has 1 atom stereocenters. The van der Waals surface area contributed by atoms with E-state index in [1.54, 1.807) is 39.0 Å². The van der Waals surface area contributed by atoms with Crippen LogP contribution in [0.2, 0.25) is 0 Å². The van der Waals surface area contributed by atoms with E-state index in [1.165, 1.54) is 0 Å². The van der Waals surface area contributed by atoms with Crippen LogP contribution in [0, 0.1) is 0 Å². The van der Waals surface area contributed by atoms with Gasteiger partial charge >= 0.3 is 0 Å². The average molecular weight is 297 g/mol. The molecule has 0 aromatic heterocycles. The van der Waals surface area contributed by atoms with Crippen LogP contribution in [-0.2, 0) is 15.6 Å². The van der Waals surface area contributed by atoms with Crippen molar-refractivity contribution in [1.82, 2.24) is 4.72 Å². The zero-order valence-corrected chi connectivity index (χ0v) is 13.1. The van der Waals surface area contributed by atoms with Crippen LogP contribution in [0.1, 0.15) is 32.8 Å². The molecule has 0 fully saturated rings. The second-order valence-corrected chi connectivity index (χ2v) is 8.35. The molecule has 0 saturated carbocycles. The molecule has 20 heavy (non-hydrogen) atoms. The van der Waals surface area contributed by atoms with Crippen molar-refractivity contribution in [2.24, 2.45) is 0 Å². The van der Waals surface area contributed by atoms with Crippen LogP contribution in [0.25, 0.3) is 0 Å². The van der Waals surface area contributed by atoms with Crippen LogP contribution in [0.15, 0.2) is 43.0 Å². The highest BCUT2D eigenvalue weighted by molar-refractivity contribution is 7.90. The molecule has 0 aliphatic heterocycles. The smallest absolute Gasteiger partial charge is 0.216 e. The number of hydrogen-bond donors (Lipinski definition) is 2. The molecule has 0 aliphatic carbocycles. The standard InChI is InChI=1S/C15H23NO3S/c1-5-11-15(17,13-9-7-6-8-10-13)12-16-20(18,19)14(2,3)4/h5-10,16-17H,1,11-12H2,2-4H3. The summed E-state index contributed by atoms with van der Waals surface area (Å²) in [5.41, 5.74) is -0.627. The van der Waals surface area contributed by atoms with Gasteiger partial charge in [0.25, 0.3) is 0 Å². The normalized spacial score (nSPS) is 15.6. The Morgan fingerprint density at radius 3 is 2.25 bits per heavy atom. The Morgan fingerprint density at radius 1 is 1.25 bits per heavy atom. The number of nitrogens with one attached hydrogen (secondary N) is 1. The second kappa shape index (κ2) is 6.08. The maximum atomic E-state index is 12.1. The van der Waals surface area contributed by atoms with Crippen molar-refractivity contribution in [3.05, 3.63) is 48.6 Å². The highest BCUT2D eigenvalue weighted by Gasteiger charge is 2.34. The van der Waals surface area contributed by atoms with E-state index in [0.29, 0.717) is 5.56 Å². The van der Waals surface area contributed by atoms with E-state index in [9.17, 15) is 13.5 Å². The molecule has 1 aromatic carbocycles. The van der Waals surface area contributed by atoms with Gasteiger partial charge in [-0.15, -0.1) is 6.58 Å². The number of hydrogen-bond acceptors (Lipinski definition) is 3. The maximum absolute atomic E-state index is 12.1. The van der Waals surface area contributed by atoms with Crippen LogP contribution in [0.4, 0.5) is 0 Å². The topological polar surface area (TPSA) is 66.4 Å². The molecule has 0 amide bonds. The van der Waals surface area contributed by atoms with Gasteiger partial charge < -0.3 is 5.11 Å². The fourth-order valence-corrected chi connectivity index (χ4v) is 2.57. The summed E-state index contributed by atoms with van der Waals surface area (Å²) in [6.45, 7) is 8.39. The third-order valence-electron chi connectivity index (χ3n) is 3.15. The van der Waals surface area contributed by atoms with E-state index in [2.05, 4.69) is 11.3 Å². The number of sulfonamides is 1. The number of aliphatic hydroxyl groups is 1. The van der Waals surface area contributed by atoms with Crippen molar-refractivity contribution in [1.29, 1.82) is 0 Å². The van der Waals surface area contributed by atoms with Gasteiger partial charge in [0.15, 0.2) is 0 Å². The Hall–Kier alpha value is -1.17. The highest BCUT2D eigenvalue weighted by atomic mass is 32.2. The summed E-state index contributed by atoms with van der Waals surface area (Å²) >= 11 is 0. The first kappa shape index (κ1) is 16.9. The van der Waals surface area contributed by atoms with E-state index in [-0.39, 0.29) is 13.0 Å². The van der Waals surface area contributed by atoms with E-state index in [0.717, 1.165) is 0 Å². The Labute approximate surface area is 121 Å². The first-order chi connectivity index (χ1) is 9.12. The maximum Gasteiger partial charge on any atom is 0.216 e. The Morgan fingerprint density at radius 2 is 1.80 bits per heavy atom. The zero-order valence-electron chi connectivity index (χ0n) is 12.3. The minimum Gasteiger partial charge on any atom is -0.383 e. The monoisotopic (exact) mass is 297 g/mol. The Balaban J connectivity index is 2.98. The summed E-state index contributed by atoms with van der Waals surface area (Å²) in [6, 6.07) is 9.00. The van der Waals surface area contributed by atoms with Crippen LogP contribution in [-0.4, -0.2) is 24.8 Å². The van der Waals surface area contributed by atoms with E-state index in [4.69, 9.17) is 0 Å². The summed E-state index contributed by atoms with van der Waals surface area (Å²) < 4.78 is 25.8. The minimum atomic E-state index is -3.50. The van der Waals surface area contributed by atoms with Crippen molar-refractivity contribution >= 4 is 10.0 Å². The van der Waals surface area contributed by atoms with Gasteiger partial charge in [-0.25, -0.2) is 13.1 Å². The molecular formula is C15H23NO3S. The molecule has 0 saturated heterocycles. The minimum absolute atomic E-state index is 0.0807. The third kappa shape index (κ3) is 3.91. The van der Waals surface area contributed by atoms with Gasteiger partial charge in [0, 0.05) is 6.54 Å². The van der Waals surface area contributed by atoms with Gasteiger partial charge in [0.05, 0.1) is 4.75 Å². The summed E-state index contributed by atoms with van der Waals surface area (Å²) in [6.07, 6.45) is 1.85. The van der Waals surface area contributed by atoms with E-state index in [1.807, 2.05) is 18.2 Å². The largest absolute Gasteiger partial charge is 0.383 e. The van der Waals surface area contributed by atoms with Crippen LogP contribution in [0.5, 0.6) is 0 Å². The molecule has 2 N–H and O–H groups in total. The fourth-order valence-electron chi connectivity index (χ4n) is 1.71. The lowest BCUT2D eigenvalue weighted by molar-refractivity contribution is 0.0452. The van der Waals surface area contributed by atoms with Crippen LogP contribution in [0.3, 0.4) is 0 Å². The molecule has 1 unspecified atom stereocenters. The molecule has 1 rings (SSSR count). The van der Waals surface area contributed by atoms with Gasteiger partial charge in [-0.3, -0.25) is 0 Å². The van der Waals surface area contributed by atoms with Gasteiger partial charge in [0.1, 0.15) is 5.60 Å². The number of rotatable bonds is 6. The van der Waals surface area contributed by atoms with Crippen molar-refractivity contribution in [2.45, 2.75) is 37.5 Å². The predicted octanol–water partition coefficient (Wildman–Crippen LogP) is 2.17. The van der Waals surface area contributed by atoms with E-state index < -0.39 is 20.4 Å². The molecule has 1 aromatic rings. The van der Waals surface area contributed by atoms with Crippen LogP contribution >= 0.6 is 0 Å². The quantitative estimate of drug-likeness (QED) is 0.791. The van der Waals surface area contributed by atoms with Gasteiger partial charge in [0.2, 0.25) is 10.0 Å². The first-order valence-corrected chi connectivity index (χ1v) is 7.99. The molecule has 4 nitrogen and oxygen atoms in total. The Kier molecular flexibility index (Phi) is 5.13. The third-order valence-corrected chi connectivity index (χ3v) is 5.29. The molecule has 0 heterocycles. The molecule has 5 heteroatoms. The lowest BCUT2D eigenvalue weighted by Crippen LogP contribution is -2.46. The molecule has 0 aliphatic rings. The van der Waals surface area contributed by atoms with Crippen molar-refractivity contribution in [3.8, 4) is 0 Å². The lowest BCUT2D eigenvalue weighted by atomic mass is 9.91. The van der Waals surface area contributed by atoms with Crippen LogP contribution < -0.4 is 4.72 Å². The number of benzene rings is 1. The molecule has 112 valence electrons. The van der Waals surface area contributed by atoms with Crippen molar-refractivity contribution in [2.75, 3.05) is 6.54 Å². The summed E-state index contributed by atoms with van der Waals surface area (Å²) in [5.74, 6) is 0. The highest BCUT2D eigenvalue weighted by Crippen LogP contribution is 2.25. The summed E-state index contributed by atoms with van der Waals surface area (Å²) in [5, 5.41) is 10.7. The van der Waals surface area contributed by atoms with Gasteiger partial charge in [-0.05, 0) is 32.8 Å². The van der Waals surface area contributed by atoms with Gasteiger partial charge in [-0.1, -0.05) is 36.4 Å². The predicted molar refractivity (Wildman–Crippen MR) is 81.8 cm³/mol.